The highest BCUT2D eigenvalue weighted by molar-refractivity contribution is 5.77. The molecule has 8 nitrogen and oxygen atoms in total. The van der Waals surface area contributed by atoms with Crippen molar-refractivity contribution in [2.24, 2.45) is 0 Å². The molecule has 2 fully saturated rings. The summed E-state index contributed by atoms with van der Waals surface area (Å²) in [5.74, 6) is 0. The van der Waals surface area contributed by atoms with Crippen LogP contribution in [0.4, 0.5) is 21.9 Å². The summed E-state index contributed by atoms with van der Waals surface area (Å²) >= 11 is 0. The summed E-state index contributed by atoms with van der Waals surface area (Å²) < 4.78 is 0. The van der Waals surface area contributed by atoms with Gasteiger partial charge in [-0.3, -0.25) is 10.1 Å². The molecule has 1 unspecified atom stereocenters. The Hall–Kier alpha value is -2.51. The third kappa shape index (κ3) is 2.44. The van der Waals surface area contributed by atoms with E-state index in [0.717, 1.165) is 5.69 Å². The highest BCUT2D eigenvalue weighted by Crippen LogP contribution is 2.29. The van der Waals surface area contributed by atoms with E-state index in [1.165, 1.54) is 6.07 Å². The molecule has 2 saturated heterocycles. The number of nitro benzene ring substituents is 1. The second-order valence-electron chi connectivity index (χ2n) is 5.22. The number of fused-ring (bicyclic) bond motifs is 1. The lowest BCUT2D eigenvalue weighted by atomic mass is 10.1. The predicted octanol–water partition coefficient (Wildman–Crippen LogP) is 0.850. The molecule has 112 valence electrons. The van der Waals surface area contributed by atoms with E-state index in [1.54, 1.807) is 13.1 Å². The van der Waals surface area contributed by atoms with Gasteiger partial charge in [-0.2, -0.15) is 0 Å². The summed E-state index contributed by atoms with van der Waals surface area (Å²) in [7, 11) is 1.74. The number of hydrogen-bond donors (Lipinski definition) is 2. The molecule has 1 atom stereocenters. The Morgan fingerprint density at radius 1 is 1.38 bits per heavy atom. The molecule has 1 aromatic rings. The van der Waals surface area contributed by atoms with E-state index in [9.17, 15) is 14.9 Å². The van der Waals surface area contributed by atoms with E-state index >= 15 is 0 Å². The molecule has 0 bridgehead atoms. The van der Waals surface area contributed by atoms with Crippen LogP contribution in [-0.2, 0) is 0 Å². The number of nitro groups is 1. The molecule has 2 heterocycles. The van der Waals surface area contributed by atoms with Crippen molar-refractivity contribution in [3.05, 3.63) is 28.3 Å². The third-order valence-electron chi connectivity index (χ3n) is 4.00. The molecule has 0 spiro atoms. The molecule has 0 aromatic heterocycles. The number of nitrogens with one attached hydrogen (secondary N) is 2. The molecule has 0 saturated carbocycles. The van der Waals surface area contributed by atoms with Crippen LogP contribution in [-0.4, -0.2) is 55.1 Å². The number of piperazine rings is 1. The molecule has 0 aliphatic carbocycles. The van der Waals surface area contributed by atoms with Gasteiger partial charge in [0.2, 0.25) is 0 Å². The third-order valence-corrected chi connectivity index (χ3v) is 4.00. The molecular formula is C13H17N5O3. The van der Waals surface area contributed by atoms with Crippen LogP contribution in [0.3, 0.4) is 0 Å². The molecule has 2 aliphatic heterocycles. The van der Waals surface area contributed by atoms with Crippen molar-refractivity contribution in [2.45, 2.75) is 6.04 Å². The van der Waals surface area contributed by atoms with Crippen molar-refractivity contribution < 1.29 is 9.72 Å². The lowest BCUT2D eigenvalue weighted by Crippen LogP contribution is -2.52. The summed E-state index contributed by atoms with van der Waals surface area (Å²) in [6.45, 7) is 2.62. The maximum atomic E-state index is 11.6. The zero-order valence-corrected chi connectivity index (χ0v) is 11.7. The lowest BCUT2D eigenvalue weighted by molar-refractivity contribution is -0.384. The number of rotatable bonds is 3. The Morgan fingerprint density at radius 3 is 2.90 bits per heavy atom. The quantitative estimate of drug-likeness (QED) is 0.636. The molecule has 3 rings (SSSR count). The van der Waals surface area contributed by atoms with Crippen LogP contribution >= 0.6 is 0 Å². The minimum atomic E-state index is -0.388. The van der Waals surface area contributed by atoms with Crippen LogP contribution < -0.4 is 15.5 Å². The van der Waals surface area contributed by atoms with Gasteiger partial charge in [-0.1, -0.05) is 0 Å². The van der Waals surface area contributed by atoms with Crippen LogP contribution in [0.25, 0.3) is 0 Å². The Morgan fingerprint density at radius 2 is 2.19 bits per heavy atom. The maximum Gasteiger partial charge on any atom is 0.317 e. The van der Waals surface area contributed by atoms with Gasteiger partial charge in [-0.05, 0) is 6.07 Å². The van der Waals surface area contributed by atoms with Crippen molar-refractivity contribution in [3.63, 3.8) is 0 Å². The second kappa shape index (κ2) is 5.12. The molecule has 2 N–H and O–H groups in total. The van der Waals surface area contributed by atoms with Gasteiger partial charge < -0.3 is 20.4 Å². The fraction of sp³-hybridized carbons (Fsp3) is 0.462. The number of carbonyl (C=O) groups is 1. The number of carbonyl (C=O) groups excluding carboxylic acids is 1. The van der Waals surface area contributed by atoms with Crippen LogP contribution in [0, 0.1) is 10.1 Å². The SMILES string of the molecule is CNc1cc(N2CCN3C(=O)NCC3C2)cc([N+](=O)[O-])c1. The second-order valence-corrected chi connectivity index (χ2v) is 5.22. The van der Waals surface area contributed by atoms with Gasteiger partial charge >= 0.3 is 6.03 Å². The number of nitrogens with zero attached hydrogens (tertiary/aromatic N) is 3. The maximum absolute atomic E-state index is 11.6. The molecular weight excluding hydrogens is 274 g/mol. The number of urea groups is 1. The van der Waals surface area contributed by atoms with E-state index in [0.29, 0.717) is 31.9 Å². The van der Waals surface area contributed by atoms with Gasteiger partial charge in [0, 0.05) is 56.7 Å². The van der Waals surface area contributed by atoms with E-state index in [-0.39, 0.29) is 22.7 Å². The first-order valence-electron chi connectivity index (χ1n) is 6.85. The van der Waals surface area contributed by atoms with Crippen LogP contribution in [0.15, 0.2) is 18.2 Å². The number of non-ortho nitro benzene ring substituents is 1. The van der Waals surface area contributed by atoms with Crippen molar-refractivity contribution in [1.82, 2.24) is 10.2 Å². The first-order chi connectivity index (χ1) is 10.1. The number of amides is 2. The first kappa shape index (κ1) is 13.5. The first-order valence-corrected chi connectivity index (χ1v) is 6.85. The average Bonchev–Trinajstić information content (AvgIpc) is 2.87. The van der Waals surface area contributed by atoms with E-state index < -0.39 is 0 Å². The number of benzene rings is 1. The monoisotopic (exact) mass is 291 g/mol. The molecule has 1 aromatic carbocycles. The van der Waals surface area contributed by atoms with Crippen molar-refractivity contribution in [3.8, 4) is 0 Å². The van der Waals surface area contributed by atoms with Crippen molar-refractivity contribution >= 4 is 23.1 Å². The molecule has 0 radical (unpaired) electrons. The van der Waals surface area contributed by atoms with Gasteiger partial charge in [0.05, 0.1) is 11.0 Å². The predicted molar refractivity (Wildman–Crippen MR) is 78.7 cm³/mol. The standard InChI is InChI=1S/C13H17N5O3/c1-14-9-4-10(6-11(5-9)18(20)21)16-2-3-17-12(8-16)7-15-13(17)19/h4-6,12,14H,2-3,7-8H2,1H3,(H,15,19). The molecule has 8 heteroatoms. The smallest absolute Gasteiger partial charge is 0.317 e. The molecule has 21 heavy (non-hydrogen) atoms. The van der Waals surface area contributed by atoms with Gasteiger partial charge in [0.15, 0.2) is 0 Å². The highest BCUT2D eigenvalue weighted by Gasteiger charge is 2.35. The summed E-state index contributed by atoms with van der Waals surface area (Å²) in [6, 6.07) is 5.10. The Kier molecular flexibility index (Phi) is 3.28. The zero-order chi connectivity index (χ0) is 15.0. The van der Waals surface area contributed by atoms with Crippen LogP contribution in [0.5, 0.6) is 0 Å². The topological polar surface area (TPSA) is 90.8 Å². The normalized spacial score (nSPS) is 21.0. The van der Waals surface area contributed by atoms with Crippen molar-refractivity contribution in [1.29, 1.82) is 0 Å². The fourth-order valence-electron chi connectivity index (χ4n) is 2.87. The van der Waals surface area contributed by atoms with Gasteiger partial charge in [0.25, 0.3) is 5.69 Å². The van der Waals surface area contributed by atoms with Gasteiger partial charge in [-0.25, -0.2) is 4.79 Å². The fourth-order valence-corrected chi connectivity index (χ4v) is 2.87. The summed E-state index contributed by atoms with van der Waals surface area (Å²) in [5.41, 5.74) is 1.59. The highest BCUT2D eigenvalue weighted by atomic mass is 16.6. The Bertz CT molecular complexity index is 591. The molecule has 2 amide bonds. The summed E-state index contributed by atoms with van der Waals surface area (Å²) in [4.78, 5) is 26.1. The van der Waals surface area contributed by atoms with Gasteiger partial charge in [0.1, 0.15) is 0 Å². The summed E-state index contributed by atoms with van der Waals surface area (Å²) in [6.07, 6.45) is 0. The summed E-state index contributed by atoms with van der Waals surface area (Å²) in [5, 5.41) is 16.8. The van der Waals surface area contributed by atoms with E-state index in [1.807, 2.05) is 11.0 Å². The minimum absolute atomic E-state index is 0.0189. The van der Waals surface area contributed by atoms with Gasteiger partial charge in [-0.15, -0.1) is 0 Å². The largest absolute Gasteiger partial charge is 0.388 e. The van der Waals surface area contributed by atoms with E-state index in [2.05, 4.69) is 15.5 Å². The van der Waals surface area contributed by atoms with Crippen LogP contribution in [0.1, 0.15) is 0 Å². The minimum Gasteiger partial charge on any atom is -0.388 e. The van der Waals surface area contributed by atoms with E-state index in [4.69, 9.17) is 0 Å². The molecule has 2 aliphatic rings. The lowest BCUT2D eigenvalue weighted by Gasteiger charge is -2.37. The Labute approximate surface area is 121 Å². The van der Waals surface area contributed by atoms with Crippen molar-refractivity contribution in [2.75, 3.05) is 43.4 Å². The number of anilines is 2. The Balaban J connectivity index is 1.85. The average molecular weight is 291 g/mol. The van der Waals surface area contributed by atoms with Crippen LogP contribution in [0.2, 0.25) is 0 Å². The number of hydrogen-bond acceptors (Lipinski definition) is 5. The zero-order valence-electron chi connectivity index (χ0n) is 11.7.